The van der Waals surface area contributed by atoms with Gasteiger partial charge in [-0.15, -0.1) is 0 Å². The van der Waals surface area contributed by atoms with Gasteiger partial charge in [-0.25, -0.2) is 13.6 Å². The molecule has 0 aliphatic heterocycles. The Balaban J connectivity index is 1.63. The van der Waals surface area contributed by atoms with Crippen LogP contribution in [0.3, 0.4) is 0 Å². The first-order chi connectivity index (χ1) is 20.7. The Morgan fingerprint density at radius 2 is 1.65 bits per heavy atom. The van der Waals surface area contributed by atoms with E-state index in [1.165, 1.54) is 61.4 Å². The molecule has 11 heteroatoms. The average Bonchev–Trinajstić information content (AvgIpc) is 2.99. The summed E-state index contributed by atoms with van der Waals surface area (Å²) >= 11 is 0. The van der Waals surface area contributed by atoms with Crippen molar-refractivity contribution in [3.05, 3.63) is 106 Å². The number of carboxylic acid groups (broad SMARTS) is 1. The number of carboxylic acids is 1. The molecule has 220 valence electrons. The number of halogens is 2. The molecule has 9 nitrogen and oxygen atoms in total. The molecule has 0 atom stereocenters. The summed E-state index contributed by atoms with van der Waals surface area (Å²) in [6.45, 7) is 1.83. The summed E-state index contributed by atoms with van der Waals surface area (Å²) in [5.41, 5.74) is 0.561. The van der Waals surface area contributed by atoms with Crippen LogP contribution in [0.5, 0.6) is 23.0 Å². The second-order valence-electron chi connectivity index (χ2n) is 9.55. The lowest BCUT2D eigenvalue weighted by Crippen LogP contribution is -2.31. The molecule has 0 radical (unpaired) electrons. The minimum atomic E-state index is -1.48. The highest BCUT2D eigenvalue weighted by Crippen LogP contribution is 2.38. The molecular formula is C32H27F2N3O6. The Morgan fingerprint density at radius 1 is 0.953 bits per heavy atom. The standard InChI is InChI=1S/C32H27F2N3O6/c1-17-24(16-35-2)37(20-8-6-19(33)7-9-20)31(38)30(32(39)40)29(17)18-5-10-26(22(34)13-18)43-25-11-12-36-23-15-28(42-4)27(41-3)14-21(23)25/h5-15,35H,16H2,1-4H3,(H,39,40). The van der Waals surface area contributed by atoms with Crippen LogP contribution in [0.15, 0.2) is 71.7 Å². The van der Waals surface area contributed by atoms with E-state index in [0.717, 1.165) is 6.07 Å². The summed E-state index contributed by atoms with van der Waals surface area (Å²) < 4.78 is 47.1. The maximum Gasteiger partial charge on any atom is 0.342 e. The fourth-order valence-corrected chi connectivity index (χ4v) is 5.04. The number of aromatic carboxylic acids is 1. The molecule has 5 aromatic rings. The molecule has 0 aliphatic rings. The van der Waals surface area contributed by atoms with E-state index >= 15 is 4.39 Å². The highest BCUT2D eigenvalue weighted by atomic mass is 19.1. The first kappa shape index (κ1) is 29.2. The van der Waals surface area contributed by atoms with Gasteiger partial charge in [0.2, 0.25) is 0 Å². The van der Waals surface area contributed by atoms with Gasteiger partial charge in [0.15, 0.2) is 23.1 Å². The van der Waals surface area contributed by atoms with E-state index in [9.17, 15) is 19.1 Å². The Kier molecular flexibility index (Phi) is 8.09. The van der Waals surface area contributed by atoms with E-state index in [2.05, 4.69) is 10.3 Å². The van der Waals surface area contributed by atoms with Crippen molar-refractivity contribution < 1.29 is 32.9 Å². The second kappa shape index (κ2) is 11.9. The van der Waals surface area contributed by atoms with E-state index in [1.807, 2.05) is 0 Å². The maximum atomic E-state index is 15.6. The van der Waals surface area contributed by atoms with E-state index in [1.54, 1.807) is 32.2 Å². The van der Waals surface area contributed by atoms with Crippen LogP contribution >= 0.6 is 0 Å². The predicted molar refractivity (Wildman–Crippen MR) is 157 cm³/mol. The van der Waals surface area contributed by atoms with E-state index in [0.29, 0.717) is 45.1 Å². The summed E-state index contributed by atoms with van der Waals surface area (Å²) in [4.78, 5) is 30.5. The van der Waals surface area contributed by atoms with Gasteiger partial charge in [-0.1, -0.05) is 6.07 Å². The topological polar surface area (TPSA) is 112 Å². The van der Waals surface area contributed by atoms with Gasteiger partial charge in [0, 0.05) is 41.1 Å². The quantitative estimate of drug-likeness (QED) is 0.220. The molecule has 5 rings (SSSR count). The van der Waals surface area contributed by atoms with Crippen LogP contribution in [0.25, 0.3) is 27.7 Å². The van der Waals surface area contributed by atoms with Crippen LogP contribution in [0.4, 0.5) is 8.78 Å². The lowest BCUT2D eigenvalue weighted by atomic mass is 9.94. The van der Waals surface area contributed by atoms with Crippen molar-refractivity contribution in [1.29, 1.82) is 0 Å². The molecule has 2 N–H and O–H groups in total. The van der Waals surface area contributed by atoms with Crippen LogP contribution in [0, 0.1) is 18.6 Å². The maximum absolute atomic E-state index is 15.6. The Labute approximate surface area is 244 Å². The summed E-state index contributed by atoms with van der Waals surface area (Å²) in [6, 6.07) is 14.1. The number of rotatable bonds is 9. The molecule has 0 spiro atoms. The molecule has 0 fully saturated rings. The van der Waals surface area contributed by atoms with Crippen molar-refractivity contribution in [2.75, 3.05) is 21.3 Å². The number of ether oxygens (including phenoxy) is 3. The number of hydrogen-bond acceptors (Lipinski definition) is 7. The van der Waals surface area contributed by atoms with E-state index < -0.39 is 28.7 Å². The van der Waals surface area contributed by atoms with Crippen molar-refractivity contribution in [2.24, 2.45) is 0 Å². The van der Waals surface area contributed by atoms with Crippen LogP contribution in [0.2, 0.25) is 0 Å². The van der Waals surface area contributed by atoms with Crippen LogP contribution < -0.4 is 25.1 Å². The highest BCUT2D eigenvalue weighted by molar-refractivity contribution is 5.97. The number of benzene rings is 3. The monoisotopic (exact) mass is 587 g/mol. The molecule has 0 bridgehead atoms. The minimum Gasteiger partial charge on any atom is -0.493 e. The van der Waals surface area contributed by atoms with Gasteiger partial charge in [-0.05, 0) is 73.6 Å². The molecule has 0 unspecified atom stereocenters. The summed E-state index contributed by atoms with van der Waals surface area (Å²) in [5.74, 6) is -1.68. The number of carbonyl (C=O) groups is 1. The third kappa shape index (κ3) is 5.38. The van der Waals surface area contributed by atoms with Crippen molar-refractivity contribution in [3.63, 3.8) is 0 Å². The third-order valence-corrected chi connectivity index (χ3v) is 7.03. The SMILES string of the molecule is CNCc1c(C)c(-c2ccc(Oc3ccnc4cc(OC)c(OC)cc34)c(F)c2)c(C(=O)O)c(=O)n1-c1ccc(F)cc1. The number of pyridine rings is 2. The Bertz CT molecular complexity index is 1920. The van der Waals surface area contributed by atoms with Crippen LogP contribution in [-0.2, 0) is 6.54 Å². The Morgan fingerprint density at radius 3 is 2.28 bits per heavy atom. The smallest absolute Gasteiger partial charge is 0.342 e. The lowest BCUT2D eigenvalue weighted by Gasteiger charge is -2.21. The molecule has 0 saturated carbocycles. The normalized spacial score (nSPS) is 11.0. The van der Waals surface area contributed by atoms with Crippen LogP contribution in [0.1, 0.15) is 21.6 Å². The van der Waals surface area contributed by atoms with Gasteiger partial charge in [0.25, 0.3) is 5.56 Å². The molecular weight excluding hydrogens is 560 g/mol. The molecule has 0 saturated heterocycles. The van der Waals surface area contributed by atoms with E-state index in [-0.39, 0.29) is 23.4 Å². The predicted octanol–water partition coefficient (Wildman–Crippen LogP) is 5.87. The summed E-state index contributed by atoms with van der Waals surface area (Å²) in [7, 11) is 4.67. The van der Waals surface area contributed by atoms with Crippen LogP contribution in [-0.4, -0.2) is 41.9 Å². The number of nitrogens with one attached hydrogen (secondary N) is 1. The zero-order valence-corrected chi connectivity index (χ0v) is 23.7. The number of fused-ring (bicyclic) bond motifs is 1. The zero-order valence-electron chi connectivity index (χ0n) is 23.7. The second-order valence-corrected chi connectivity index (χ2v) is 9.55. The highest BCUT2D eigenvalue weighted by Gasteiger charge is 2.26. The minimum absolute atomic E-state index is 0.0674. The summed E-state index contributed by atoms with van der Waals surface area (Å²) in [6.07, 6.45) is 1.51. The first-order valence-electron chi connectivity index (χ1n) is 13.1. The van der Waals surface area contributed by atoms with Gasteiger partial charge in [-0.2, -0.15) is 0 Å². The third-order valence-electron chi connectivity index (χ3n) is 7.03. The van der Waals surface area contributed by atoms with Crippen molar-refractivity contribution >= 4 is 16.9 Å². The van der Waals surface area contributed by atoms with Crippen molar-refractivity contribution in [2.45, 2.75) is 13.5 Å². The first-order valence-corrected chi connectivity index (χ1v) is 13.1. The van der Waals surface area contributed by atoms with Gasteiger partial charge >= 0.3 is 5.97 Å². The molecule has 3 aromatic carbocycles. The van der Waals surface area contributed by atoms with Crippen molar-refractivity contribution in [3.8, 4) is 39.8 Å². The largest absolute Gasteiger partial charge is 0.493 e. The van der Waals surface area contributed by atoms with Crippen molar-refractivity contribution in [1.82, 2.24) is 14.9 Å². The summed E-state index contributed by atoms with van der Waals surface area (Å²) in [5, 5.41) is 13.7. The molecule has 2 aromatic heterocycles. The molecule has 0 amide bonds. The fraction of sp³-hybridized carbons (Fsp3) is 0.156. The lowest BCUT2D eigenvalue weighted by molar-refractivity contribution is 0.0695. The zero-order chi connectivity index (χ0) is 30.8. The van der Waals surface area contributed by atoms with E-state index in [4.69, 9.17) is 14.2 Å². The number of methoxy groups -OCH3 is 2. The Hall–Kier alpha value is -5.29. The number of aromatic nitrogens is 2. The van der Waals surface area contributed by atoms with Gasteiger partial charge in [0.1, 0.15) is 17.1 Å². The fourth-order valence-electron chi connectivity index (χ4n) is 5.04. The number of nitrogens with zero attached hydrogens (tertiary/aromatic N) is 2. The molecule has 2 heterocycles. The molecule has 43 heavy (non-hydrogen) atoms. The average molecular weight is 588 g/mol. The van der Waals surface area contributed by atoms with Gasteiger partial charge in [-0.3, -0.25) is 14.3 Å². The number of hydrogen-bond donors (Lipinski definition) is 2. The molecule has 0 aliphatic carbocycles. The van der Waals surface area contributed by atoms with Gasteiger partial charge < -0.3 is 24.6 Å². The van der Waals surface area contributed by atoms with Gasteiger partial charge in [0.05, 0.1) is 19.7 Å².